The molecule has 0 aliphatic rings. The zero-order valence-electron chi connectivity index (χ0n) is 12.8. The Bertz CT molecular complexity index is 346. The molecule has 0 aromatic heterocycles. The summed E-state index contributed by atoms with van der Waals surface area (Å²) in [5, 5.41) is 3.41. The number of nitrogens with zero attached hydrogens (tertiary/aromatic N) is 1. The first-order valence-electron chi connectivity index (χ1n) is 7.38. The van der Waals surface area contributed by atoms with Gasteiger partial charge in [-0.1, -0.05) is 39.0 Å². The van der Waals surface area contributed by atoms with Gasteiger partial charge in [0.2, 0.25) is 0 Å². The van der Waals surface area contributed by atoms with Gasteiger partial charge < -0.3 is 10.2 Å². The Labute approximate surface area is 123 Å². The average Bonchev–Trinajstić information content (AvgIpc) is 2.46. The van der Waals surface area contributed by atoms with Crippen molar-refractivity contribution in [2.24, 2.45) is 0 Å². The van der Waals surface area contributed by atoms with Crippen molar-refractivity contribution in [3.05, 3.63) is 29.8 Å². The van der Waals surface area contributed by atoms with Crippen LogP contribution in [0.25, 0.3) is 0 Å². The number of hydrogen-bond donors (Lipinski definition) is 1. The molecule has 0 saturated carbocycles. The Morgan fingerprint density at radius 1 is 1.16 bits per heavy atom. The maximum atomic E-state index is 3.41. The monoisotopic (exact) mass is 280 g/mol. The highest BCUT2D eigenvalue weighted by molar-refractivity contribution is 7.99. The standard InChI is InChI=1S/C16H28N2S/c1-5-15(17-4)14-10-8-9-11-16(14)19-13-12-18(6-2)7-3/h8-11,15,17H,5-7,12-13H2,1-4H3. The molecule has 1 atom stereocenters. The van der Waals surface area contributed by atoms with Crippen LogP contribution in [0.15, 0.2) is 29.2 Å². The van der Waals surface area contributed by atoms with Crippen LogP contribution >= 0.6 is 11.8 Å². The molecule has 1 aromatic rings. The van der Waals surface area contributed by atoms with E-state index in [0.717, 1.165) is 19.5 Å². The quantitative estimate of drug-likeness (QED) is 0.693. The number of rotatable bonds is 9. The molecule has 0 radical (unpaired) electrons. The van der Waals surface area contributed by atoms with E-state index in [2.05, 4.69) is 55.3 Å². The van der Waals surface area contributed by atoms with Crippen LogP contribution < -0.4 is 5.32 Å². The fourth-order valence-electron chi connectivity index (χ4n) is 2.30. The number of benzene rings is 1. The lowest BCUT2D eigenvalue weighted by Gasteiger charge is -2.20. The Morgan fingerprint density at radius 2 is 1.84 bits per heavy atom. The highest BCUT2D eigenvalue weighted by Gasteiger charge is 2.11. The maximum Gasteiger partial charge on any atom is 0.0326 e. The van der Waals surface area contributed by atoms with Crippen LogP contribution in [-0.2, 0) is 0 Å². The van der Waals surface area contributed by atoms with Crippen molar-refractivity contribution < 1.29 is 0 Å². The molecule has 2 nitrogen and oxygen atoms in total. The van der Waals surface area contributed by atoms with E-state index in [1.165, 1.54) is 22.8 Å². The molecule has 0 spiro atoms. The third-order valence-corrected chi connectivity index (χ3v) is 4.68. The molecule has 0 amide bonds. The van der Waals surface area contributed by atoms with Crippen LogP contribution in [0.4, 0.5) is 0 Å². The van der Waals surface area contributed by atoms with Gasteiger partial charge in [-0.15, -0.1) is 11.8 Å². The summed E-state index contributed by atoms with van der Waals surface area (Å²) >= 11 is 1.98. The van der Waals surface area contributed by atoms with Crippen LogP contribution in [0.2, 0.25) is 0 Å². The van der Waals surface area contributed by atoms with Crippen LogP contribution in [0, 0.1) is 0 Å². The molecular weight excluding hydrogens is 252 g/mol. The molecule has 0 fully saturated rings. The van der Waals surface area contributed by atoms with E-state index in [1.807, 2.05) is 18.8 Å². The summed E-state index contributed by atoms with van der Waals surface area (Å²) in [4.78, 5) is 3.90. The minimum atomic E-state index is 0.470. The summed E-state index contributed by atoms with van der Waals surface area (Å²) < 4.78 is 0. The van der Waals surface area contributed by atoms with Crippen molar-refractivity contribution in [2.45, 2.75) is 38.1 Å². The van der Waals surface area contributed by atoms with Crippen LogP contribution in [-0.4, -0.2) is 37.3 Å². The Hall–Kier alpha value is -0.510. The smallest absolute Gasteiger partial charge is 0.0326 e. The van der Waals surface area contributed by atoms with Gasteiger partial charge >= 0.3 is 0 Å². The second-order valence-electron chi connectivity index (χ2n) is 4.66. The highest BCUT2D eigenvalue weighted by Crippen LogP contribution is 2.28. The summed E-state index contributed by atoms with van der Waals surface area (Å²) in [6, 6.07) is 9.26. The normalized spacial score (nSPS) is 12.9. The first-order valence-corrected chi connectivity index (χ1v) is 8.36. The summed E-state index contributed by atoms with van der Waals surface area (Å²) in [6.45, 7) is 10.2. The Balaban J connectivity index is 2.62. The van der Waals surface area contributed by atoms with E-state index in [-0.39, 0.29) is 0 Å². The van der Waals surface area contributed by atoms with Gasteiger partial charge in [0.25, 0.3) is 0 Å². The van der Waals surface area contributed by atoms with Gasteiger partial charge in [0, 0.05) is 23.2 Å². The van der Waals surface area contributed by atoms with Crippen molar-refractivity contribution in [1.29, 1.82) is 0 Å². The number of thioether (sulfide) groups is 1. The number of nitrogens with one attached hydrogen (secondary N) is 1. The molecule has 0 aliphatic carbocycles. The first-order chi connectivity index (χ1) is 9.26. The van der Waals surface area contributed by atoms with Crippen molar-refractivity contribution in [3.63, 3.8) is 0 Å². The first kappa shape index (κ1) is 16.5. The largest absolute Gasteiger partial charge is 0.313 e. The van der Waals surface area contributed by atoms with Gasteiger partial charge in [-0.2, -0.15) is 0 Å². The Kier molecular flexibility index (Phi) is 8.19. The average molecular weight is 280 g/mol. The lowest BCUT2D eigenvalue weighted by atomic mass is 10.1. The minimum Gasteiger partial charge on any atom is -0.313 e. The van der Waals surface area contributed by atoms with E-state index in [9.17, 15) is 0 Å². The molecule has 0 aliphatic heterocycles. The van der Waals surface area contributed by atoms with Gasteiger partial charge in [0.1, 0.15) is 0 Å². The van der Waals surface area contributed by atoms with E-state index in [4.69, 9.17) is 0 Å². The van der Waals surface area contributed by atoms with E-state index in [0.29, 0.717) is 6.04 Å². The molecule has 1 unspecified atom stereocenters. The van der Waals surface area contributed by atoms with Crippen molar-refractivity contribution in [1.82, 2.24) is 10.2 Å². The third-order valence-electron chi connectivity index (χ3n) is 3.61. The zero-order valence-corrected chi connectivity index (χ0v) is 13.6. The summed E-state index contributed by atoms with van der Waals surface area (Å²) in [7, 11) is 2.05. The molecule has 19 heavy (non-hydrogen) atoms. The molecule has 0 bridgehead atoms. The van der Waals surface area contributed by atoms with Gasteiger partial charge in [0.15, 0.2) is 0 Å². The zero-order chi connectivity index (χ0) is 14.1. The SMILES string of the molecule is CCC(NC)c1ccccc1SCCN(CC)CC. The van der Waals surface area contributed by atoms with Crippen molar-refractivity contribution in [3.8, 4) is 0 Å². The summed E-state index contributed by atoms with van der Waals surface area (Å²) in [5.74, 6) is 1.17. The summed E-state index contributed by atoms with van der Waals surface area (Å²) in [5.41, 5.74) is 1.44. The second-order valence-corrected chi connectivity index (χ2v) is 5.80. The van der Waals surface area contributed by atoms with Crippen LogP contribution in [0.5, 0.6) is 0 Å². The van der Waals surface area contributed by atoms with Crippen molar-refractivity contribution >= 4 is 11.8 Å². The van der Waals surface area contributed by atoms with Crippen molar-refractivity contribution in [2.75, 3.05) is 32.4 Å². The van der Waals surface area contributed by atoms with Gasteiger partial charge in [-0.05, 0) is 38.2 Å². The number of hydrogen-bond acceptors (Lipinski definition) is 3. The topological polar surface area (TPSA) is 15.3 Å². The van der Waals surface area contributed by atoms with Crippen LogP contribution in [0.1, 0.15) is 38.8 Å². The predicted molar refractivity (Wildman–Crippen MR) is 87.0 cm³/mol. The van der Waals surface area contributed by atoms with E-state index >= 15 is 0 Å². The summed E-state index contributed by atoms with van der Waals surface area (Å²) in [6.07, 6.45) is 1.13. The molecular formula is C16H28N2S. The molecule has 1 N–H and O–H groups in total. The molecule has 1 aromatic carbocycles. The Morgan fingerprint density at radius 3 is 2.42 bits per heavy atom. The van der Waals surface area contributed by atoms with Gasteiger partial charge in [-0.25, -0.2) is 0 Å². The minimum absolute atomic E-state index is 0.470. The lowest BCUT2D eigenvalue weighted by Crippen LogP contribution is -2.25. The molecule has 108 valence electrons. The fraction of sp³-hybridized carbons (Fsp3) is 0.625. The van der Waals surface area contributed by atoms with Crippen LogP contribution in [0.3, 0.4) is 0 Å². The molecule has 1 rings (SSSR count). The second kappa shape index (κ2) is 9.40. The predicted octanol–water partition coefficient (Wildman–Crippen LogP) is 3.79. The maximum absolute atomic E-state index is 3.41. The fourth-order valence-corrected chi connectivity index (χ4v) is 3.43. The molecule has 0 saturated heterocycles. The highest BCUT2D eigenvalue weighted by atomic mass is 32.2. The van der Waals surface area contributed by atoms with E-state index in [1.54, 1.807) is 0 Å². The van der Waals surface area contributed by atoms with Gasteiger partial charge in [0.05, 0.1) is 0 Å². The molecule has 3 heteroatoms. The van der Waals surface area contributed by atoms with E-state index < -0.39 is 0 Å². The molecule has 0 heterocycles. The lowest BCUT2D eigenvalue weighted by molar-refractivity contribution is 0.324. The third kappa shape index (κ3) is 5.17. The van der Waals surface area contributed by atoms with Gasteiger partial charge in [-0.3, -0.25) is 0 Å².